The molecule has 0 radical (unpaired) electrons. The predicted octanol–water partition coefficient (Wildman–Crippen LogP) is 1.32. The Morgan fingerprint density at radius 2 is 2.31 bits per heavy atom. The summed E-state index contributed by atoms with van der Waals surface area (Å²) < 4.78 is 0.428. The summed E-state index contributed by atoms with van der Waals surface area (Å²) in [7, 11) is 0. The number of aromatic amines is 1. The Balaban J connectivity index is 2.85. The van der Waals surface area contributed by atoms with Crippen LogP contribution >= 0.6 is 15.9 Å². The van der Waals surface area contributed by atoms with Crippen LogP contribution in [0.4, 0.5) is 5.82 Å². The van der Waals surface area contributed by atoms with Crippen molar-refractivity contribution in [3.8, 4) is 0 Å². The van der Waals surface area contributed by atoms with Crippen molar-refractivity contribution < 1.29 is 0 Å². The lowest BCUT2D eigenvalue weighted by Gasteiger charge is -2.22. The highest BCUT2D eigenvalue weighted by molar-refractivity contribution is 9.10. The van der Waals surface area contributed by atoms with Gasteiger partial charge in [-0.2, -0.15) is 0 Å². The lowest BCUT2D eigenvalue weighted by molar-refractivity contribution is 0.497. The average Bonchev–Trinajstić information content (AvgIpc) is 2.23. The Morgan fingerprint density at radius 1 is 1.62 bits per heavy atom. The second-order valence-corrected chi connectivity index (χ2v) is 4.76. The number of halogens is 1. The van der Waals surface area contributed by atoms with Crippen LogP contribution in [0, 0.1) is 5.92 Å². The maximum Gasteiger partial charge on any atom is 0.267 e. The van der Waals surface area contributed by atoms with Crippen LogP contribution in [-0.2, 0) is 0 Å². The number of nitrogens with two attached hydrogens (primary N) is 1. The van der Waals surface area contributed by atoms with Crippen LogP contribution in [0.1, 0.15) is 20.3 Å². The molecule has 1 heterocycles. The average molecular weight is 289 g/mol. The number of nitrogens with one attached hydrogen (secondary N) is 2. The highest BCUT2D eigenvalue weighted by atomic mass is 79.9. The van der Waals surface area contributed by atoms with Crippen LogP contribution in [0.25, 0.3) is 0 Å². The molecule has 0 saturated carbocycles. The van der Waals surface area contributed by atoms with E-state index >= 15 is 0 Å². The van der Waals surface area contributed by atoms with E-state index in [0.717, 1.165) is 6.42 Å². The summed E-state index contributed by atoms with van der Waals surface area (Å²) >= 11 is 3.21. The molecule has 0 fully saturated rings. The zero-order chi connectivity index (χ0) is 12.1. The van der Waals surface area contributed by atoms with Crippen LogP contribution < -0.4 is 16.6 Å². The van der Waals surface area contributed by atoms with E-state index in [1.165, 1.54) is 6.33 Å². The molecule has 1 atom stereocenters. The fourth-order valence-corrected chi connectivity index (χ4v) is 1.74. The predicted molar refractivity (Wildman–Crippen MR) is 68.5 cm³/mol. The number of hydrogen-bond acceptors (Lipinski definition) is 4. The van der Waals surface area contributed by atoms with Crippen molar-refractivity contribution in [1.82, 2.24) is 9.97 Å². The van der Waals surface area contributed by atoms with Gasteiger partial charge in [-0.25, -0.2) is 4.98 Å². The van der Waals surface area contributed by atoms with Gasteiger partial charge in [0.2, 0.25) is 0 Å². The maximum atomic E-state index is 11.3. The first kappa shape index (κ1) is 13.2. The summed E-state index contributed by atoms with van der Waals surface area (Å²) in [6.45, 7) is 4.82. The Hall–Kier alpha value is -0.880. The molecule has 1 unspecified atom stereocenters. The van der Waals surface area contributed by atoms with Gasteiger partial charge in [0.15, 0.2) is 0 Å². The molecule has 1 rings (SSSR count). The van der Waals surface area contributed by atoms with E-state index < -0.39 is 0 Å². The van der Waals surface area contributed by atoms with E-state index in [0.29, 0.717) is 22.8 Å². The molecule has 0 aliphatic rings. The summed E-state index contributed by atoms with van der Waals surface area (Å²) in [5.74, 6) is 0.993. The second-order valence-electron chi connectivity index (χ2n) is 3.97. The Labute approximate surface area is 103 Å². The van der Waals surface area contributed by atoms with Gasteiger partial charge in [-0.1, -0.05) is 13.8 Å². The number of anilines is 1. The van der Waals surface area contributed by atoms with Gasteiger partial charge >= 0.3 is 0 Å². The van der Waals surface area contributed by atoms with Crippen LogP contribution in [0.2, 0.25) is 0 Å². The molecule has 0 spiro atoms. The van der Waals surface area contributed by atoms with Crippen molar-refractivity contribution in [3.63, 3.8) is 0 Å². The molecular weight excluding hydrogens is 272 g/mol. The maximum absolute atomic E-state index is 11.3. The Kier molecular flexibility index (Phi) is 4.95. The molecule has 0 aliphatic carbocycles. The minimum absolute atomic E-state index is 0.187. The highest BCUT2D eigenvalue weighted by Crippen LogP contribution is 2.18. The summed E-state index contributed by atoms with van der Waals surface area (Å²) in [6, 6.07) is 0.218. The molecule has 0 aromatic carbocycles. The SMILES string of the molecule is CC(C)C(CCN)Nc1nc[nH]c(=O)c1Br. The van der Waals surface area contributed by atoms with Crippen molar-refractivity contribution in [2.24, 2.45) is 11.7 Å². The van der Waals surface area contributed by atoms with Gasteiger partial charge in [0.05, 0.1) is 6.33 Å². The monoisotopic (exact) mass is 288 g/mol. The summed E-state index contributed by atoms with van der Waals surface area (Å²) in [5.41, 5.74) is 5.36. The van der Waals surface area contributed by atoms with E-state index in [1.54, 1.807) is 0 Å². The van der Waals surface area contributed by atoms with Crippen molar-refractivity contribution in [2.45, 2.75) is 26.3 Å². The molecule has 0 saturated heterocycles. The van der Waals surface area contributed by atoms with Gasteiger partial charge in [0.1, 0.15) is 10.3 Å². The van der Waals surface area contributed by atoms with Gasteiger partial charge in [-0.05, 0) is 34.8 Å². The van der Waals surface area contributed by atoms with E-state index in [1.807, 2.05) is 0 Å². The molecule has 1 aromatic rings. The molecule has 90 valence electrons. The Morgan fingerprint density at radius 3 is 2.88 bits per heavy atom. The van der Waals surface area contributed by atoms with Crippen molar-refractivity contribution in [3.05, 3.63) is 21.2 Å². The number of aromatic nitrogens is 2. The van der Waals surface area contributed by atoms with E-state index in [9.17, 15) is 4.79 Å². The fraction of sp³-hybridized carbons (Fsp3) is 0.600. The van der Waals surface area contributed by atoms with E-state index in [2.05, 4.69) is 45.1 Å². The first-order valence-electron chi connectivity index (χ1n) is 5.26. The minimum atomic E-state index is -0.187. The van der Waals surface area contributed by atoms with Crippen LogP contribution in [-0.4, -0.2) is 22.6 Å². The number of hydrogen-bond donors (Lipinski definition) is 3. The van der Waals surface area contributed by atoms with Gasteiger partial charge in [0, 0.05) is 6.04 Å². The zero-order valence-corrected chi connectivity index (χ0v) is 11.0. The summed E-state index contributed by atoms with van der Waals surface area (Å²) in [5, 5.41) is 3.23. The molecule has 0 bridgehead atoms. The standard InChI is InChI=1S/C10H17BrN4O/c1-6(2)7(3-4-12)15-9-8(11)10(16)14-5-13-9/h5-7H,3-4,12H2,1-2H3,(H2,13,14,15,16). The van der Waals surface area contributed by atoms with E-state index in [4.69, 9.17) is 5.73 Å². The fourth-order valence-electron chi connectivity index (χ4n) is 1.41. The summed E-state index contributed by atoms with van der Waals surface area (Å²) in [4.78, 5) is 17.9. The van der Waals surface area contributed by atoms with Crippen molar-refractivity contribution in [1.29, 1.82) is 0 Å². The van der Waals surface area contributed by atoms with Crippen LogP contribution in [0.3, 0.4) is 0 Å². The molecule has 1 aromatic heterocycles. The second kappa shape index (κ2) is 6.00. The molecule has 6 heteroatoms. The number of rotatable bonds is 5. The molecular formula is C10H17BrN4O. The van der Waals surface area contributed by atoms with Gasteiger partial charge in [-0.3, -0.25) is 4.79 Å². The molecule has 0 amide bonds. The largest absolute Gasteiger partial charge is 0.366 e. The third-order valence-electron chi connectivity index (χ3n) is 2.40. The van der Waals surface area contributed by atoms with Gasteiger partial charge in [-0.15, -0.1) is 0 Å². The first-order chi connectivity index (χ1) is 7.56. The zero-order valence-electron chi connectivity index (χ0n) is 9.46. The number of nitrogens with zero attached hydrogens (tertiary/aromatic N) is 1. The minimum Gasteiger partial charge on any atom is -0.366 e. The van der Waals surface area contributed by atoms with Crippen LogP contribution in [0.15, 0.2) is 15.6 Å². The topological polar surface area (TPSA) is 83.8 Å². The molecule has 16 heavy (non-hydrogen) atoms. The molecule has 4 N–H and O–H groups in total. The van der Waals surface area contributed by atoms with Gasteiger partial charge < -0.3 is 16.0 Å². The lowest BCUT2D eigenvalue weighted by Crippen LogP contribution is -2.29. The van der Waals surface area contributed by atoms with Crippen LogP contribution in [0.5, 0.6) is 0 Å². The smallest absolute Gasteiger partial charge is 0.267 e. The van der Waals surface area contributed by atoms with Crippen molar-refractivity contribution in [2.75, 3.05) is 11.9 Å². The highest BCUT2D eigenvalue weighted by Gasteiger charge is 2.15. The lowest BCUT2D eigenvalue weighted by atomic mass is 10.0. The quantitative estimate of drug-likeness (QED) is 0.763. The third-order valence-corrected chi connectivity index (χ3v) is 3.14. The number of H-pyrrole nitrogens is 1. The summed E-state index contributed by atoms with van der Waals surface area (Å²) in [6.07, 6.45) is 2.23. The van der Waals surface area contributed by atoms with Crippen molar-refractivity contribution >= 4 is 21.7 Å². The normalized spacial score (nSPS) is 12.8. The molecule has 5 nitrogen and oxygen atoms in total. The third kappa shape index (κ3) is 3.31. The molecule has 0 aliphatic heterocycles. The first-order valence-corrected chi connectivity index (χ1v) is 6.05. The van der Waals surface area contributed by atoms with Gasteiger partial charge in [0.25, 0.3) is 5.56 Å². The van der Waals surface area contributed by atoms with E-state index in [-0.39, 0.29) is 11.6 Å². The Bertz CT molecular complexity index is 391.